The van der Waals surface area contributed by atoms with Crippen LogP contribution in [0.4, 0.5) is 0 Å². The summed E-state index contributed by atoms with van der Waals surface area (Å²) in [5, 5.41) is 9.93. The number of ketones is 1. The Labute approximate surface area is 99.9 Å². The maximum Gasteiger partial charge on any atom is 0.199 e. The summed E-state index contributed by atoms with van der Waals surface area (Å²) in [6, 6.07) is 7.02. The van der Waals surface area contributed by atoms with Gasteiger partial charge in [-0.1, -0.05) is 24.3 Å². The summed E-state index contributed by atoms with van der Waals surface area (Å²) >= 11 is 0. The van der Waals surface area contributed by atoms with Crippen LogP contribution in [0.3, 0.4) is 0 Å². The van der Waals surface area contributed by atoms with E-state index in [1.807, 2.05) is 19.0 Å². The number of hydrogen-bond donors (Lipinski definition) is 1. The molecule has 4 nitrogen and oxygen atoms in total. The molecule has 0 saturated heterocycles. The normalized spacial score (nSPS) is 15.1. The van der Waals surface area contributed by atoms with Gasteiger partial charge >= 0.3 is 0 Å². The van der Waals surface area contributed by atoms with Gasteiger partial charge in [-0.2, -0.15) is 0 Å². The van der Waals surface area contributed by atoms with E-state index in [2.05, 4.69) is 4.99 Å². The van der Waals surface area contributed by atoms with Crippen molar-refractivity contribution in [2.75, 3.05) is 20.8 Å². The number of aliphatic imine (C=N–C) groups is 1. The van der Waals surface area contributed by atoms with Crippen LogP contribution in [0.2, 0.25) is 0 Å². The number of nitrogens with zero attached hydrogens (tertiary/aromatic N) is 2. The smallest absolute Gasteiger partial charge is 0.199 e. The zero-order valence-electron chi connectivity index (χ0n) is 9.84. The van der Waals surface area contributed by atoms with Gasteiger partial charge in [0.1, 0.15) is 5.76 Å². The molecule has 0 atom stereocenters. The number of carbonyl (C=O) groups excluding carboxylic acids is 1. The Morgan fingerprint density at radius 2 is 1.94 bits per heavy atom. The topological polar surface area (TPSA) is 52.9 Å². The van der Waals surface area contributed by atoms with Crippen LogP contribution in [0.25, 0.3) is 5.76 Å². The first-order valence-corrected chi connectivity index (χ1v) is 5.33. The molecular formula is C13H14N2O2. The van der Waals surface area contributed by atoms with E-state index >= 15 is 0 Å². The van der Waals surface area contributed by atoms with Crippen molar-refractivity contribution in [2.24, 2.45) is 4.99 Å². The molecule has 0 heterocycles. The molecule has 0 bridgehead atoms. The standard InChI is InChI=1S/C13H14N2O2/c1-15(2)8-14-7-11-12(16)9-5-3-4-6-10(9)13(11)17/h3-7,16H,8H2,1-2H3/b14-7+. The Kier molecular flexibility index (Phi) is 3.06. The predicted molar refractivity (Wildman–Crippen MR) is 67.4 cm³/mol. The minimum absolute atomic E-state index is 0.0214. The van der Waals surface area contributed by atoms with Gasteiger partial charge < -0.3 is 5.11 Å². The monoisotopic (exact) mass is 230 g/mol. The highest BCUT2D eigenvalue weighted by Gasteiger charge is 2.27. The quantitative estimate of drug-likeness (QED) is 0.805. The van der Waals surface area contributed by atoms with Gasteiger partial charge in [-0.25, -0.2) is 0 Å². The van der Waals surface area contributed by atoms with E-state index < -0.39 is 0 Å². The van der Waals surface area contributed by atoms with E-state index in [1.165, 1.54) is 6.21 Å². The van der Waals surface area contributed by atoms with Crippen LogP contribution in [0.1, 0.15) is 15.9 Å². The van der Waals surface area contributed by atoms with Crippen LogP contribution >= 0.6 is 0 Å². The number of aliphatic hydroxyl groups excluding tert-OH is 1. The lowest BCUT2D eigenvalue weighted by Gasteiger charge is -2.03. The number of rotatable bonds is 3. The second-order valence-electron chi connectivity index (χ2n) is 4.17. The molecule has 0 fully saturated rings. The van der Waals surface area contributed by atoms with Gasteiger partial charge in [-0.05, 0) is 14.1 Å². The number of hydrogen-bond acceptors (Lipinski definition) is 4. The first-order chi connectivity index (χ1) is 8.11. The van der Waals surface area contributed by atoms with E-state index in [9.17, 15) is 9.90 Å². The van der Waals surface area contributed by atoms with Crippen LogP contribution in [0, 0.1) is 0 Å². The van der Waals surface area contributed by atoms with Crippen LogP contribution in [0.5, 0.6) is 0 Å². The van der Waals surface area contributed by atoms with E-state index in [4.69, 9.17) is 0 Å². The lowest BCUT2D eigenvalue weighted by Crippen LogP contribution is -2.11. The van der Waals surface area contributed by atoms with Crippen molar-refractivity contribution >= 4 is 17.8 Å². The molecule has 0 aromatic heterocycles. The zero-order chi connectivity index (χ0) is 12.4. The molecular weight excluding hydrogens is 216 g/mol. The number of allylic oxidation sites excluding steroid dienone is 1. The second-order valence-corrected chi connectivity index (χ2v) is 4.17. The predicted octanol–water partition coefficient (Wildman–Crippen LogP) is 1.74. The number of Topliss-reactive ketones (excluding diaryl/α,β-unsaturated/α-hetero) is 1. The Morgan fingerprint density at radius 1 is 1.29 bits per heavy atom. The maximum atomic E-state index is 12.0. The molecule has 0 aliphatic heterocycles. The van der Waals surface area contributed by atoms with Crippen molar-refractivity contribution in [3.63, 3.8) is 0 Å². The lowest BCUT2D eigenvalue weighted by atomic mass is 10.1. The molecule has 0 spiro atoms. The van der Waals surface area contributed by atoms with Gasteiger partial charge in [0.15, 0.2) is 5.78 Å². The highest BCUT2D eigenvalue weighted by atomic mass is 16.3. The molecule has 1 N–H and O–H groups in total. The van der Waals surface area contributed by atoms with Crippen molar-refractivity contribution in [3.8, 4) is 0 Å². The van der Waals surface area contributed by atoms with E-state index in [-0.39, 0.29) is 17.1 Å². The summed E-state index contributed by atoms with van der Waals surface area (Å²) in [7, 11) is 3.77. The minimum Gasteiger partial charge on any atom is -0.506 e. The largest absolute Gasteiger partial charge is 0.506 e. The first-order valence-electron chi connectivity index (χ1n) is 5.33. The minimum atomic E-state index is -0.166. The fourth-order valence-electron chi connectivity index (χ4n) is 1.70. The molecule has 1 aromatic rings. The average molecular weight is 230 g/mol. The molecule has 0 amide bonds. The summed E-state index contributed by atoms with van der Waals surface area (Å²) < 4.78 is 0. The van der Waals surface area contributed by atoms with Crippen molar-refractivity contribution in [3.05, 3.63) is 41.0 Å². The fourth-order valence-corrected chi connectivity index (χ4v) is 1.70. The van der Waals surface area contributed by atoms with E-state index in [0.717, 1.165) is 0 Å². The molecule has 4 heteroatoms. The van der Waals surface area contributed by atoms with Crippen LogP contribution in [-0.4, -0.2) is 42.8 Å². The Balaban J connectivity index is 2.29. The summed E-state index contributed by atoms with van der Waals surface area (Å²) in [5.41, 5.74) is 1.40. The highest BCUT2D eigenvalue weighted by Crippen LogP contribution is 2.29. The first kappa shape index (κ1) is 11.5. The number of fused-ring (bicyclic) bond motifs is 1. The van der Waals surface area contributed by atoms with Crippen molar-refractivity contribution in [1.82, 2.24) is 4.90 Å². The molecule has 1 aromatic carbocycles. The van der Waals surface area contributed by atoms with Crippen LogP contribution in [0.15, 0.2) is 34.8 Å². The average Bonchev–Trinajstić information content (AvgIpc) is 2.54. The Morgan fingerprint density at radius 3 is 2.53 bits per heavy atom. The van der Waals surface area contributed by atoms with Crippen molar-refractivity contribution in [1.29, 1.82) is 0 Å². The van der Waals surface area contributed by atoms with E-state index in [1.54, 1.807) is 24.3 Å². The van der Waals surface area contributed by atoms with Gasteiger partial charge in [0.25, 0.3) is 0 Å². The molecule has 2 rings (SSSR count). The molecule has 0 radical (unpaired) electrons. The number of carbonyl (C=O) groups is 1. The zero-order valence-corrected chi connectivity index (χ0v) is 9.84. The third-order valence-electron chi connectivity index (χ3n) is 2.51. The number of benzene rings is 1. The van der Waals surface area contributed by atoms with Crippen LogP contribution in [-0.2, 0) is 0 Å². The van der Waals surface area contributed by atoms with E-state index in [0.29, 0.717) is 17.8 Å². The Bertz CT molecular complexity index is 516. The van der Waals surface area contributed by atoms with Gasteiger partial charge in [-0.15, -0.1) is 0 Å². The summed E-state index contributed by atoms with van der Waals surface area (Å²) in [6.45, 7) is 0.487. The van der Waals surface area contributed by atoms with Crippen molar-refractivity contribution in [2.45, 2.75) is 0 Å². The third-order valence-corrected chi connectivity index (χ3v) is 2.51. The second kappa shape index (κ2) is 4.51. The number of aliphatic hydroxyl groups is 1. The molecule has 0 unspecified atom stereocenters. The molecule has 17 heavy (non-hydrogen) atoms. The molecule has 1 aliphatic carbocycles. The summed E-state index contributed by atoms with van der Waals surface area (Å²) in [6.07, 6.45) is 1.44. The summed E-state index contributed by atoms with van der Waals surface area (Å²) in [4.78, 5) is 17.9. The third kappa shape index (κ3) is 2.12. The van der Waals surface area contributed by atoms with Crippen LogP contribution < -0.4 is 0 Å². The lowest BCUT2D eigenvalue weighted by molar-refractivity contribution is 0.104. The molecule has 88 valence electrons. The fraction of sp³-hybridized carbons (Fsp3) is 0.231. The Hall–Kier alpha value is -1.94. The van der Waals surface area contributed by atoms with Gasteiger partial charge in [0.2, 0.25) is 0 Å². The maximum absolute atomic E-state index is 12.0. The van der Waals surface area contributed by atoms with Gasteiger partial charge in [0.05, 0.1) is 12.2 Å². The van der Waals surface area contributed by atoms with Gasteiger partial charge in [-0.3, -0.25) is 14.7 Å². The molecule has 1 aliphatic rings. The highest BCUT2D eigenvalue weighted by molar-refractivity contribution is 6.30. The summed E-state index contributed by atoms with van der Waals surface area (Å²) in [5.74, 6) is -0.145. The molecule has 0 saturated carbocycles. The SMILES string of the molecule is CN(C)C/N=C/C1=C(O)c2ccccc2C1=O. The van der Waals surface area contributed by atoms with Crippen molar-refractivity contribution < 1.29 is 9.90 Å². The van der Waals surface area contributed by atoms with Gasteiger partial charge in [0, 0.05) is 17.3 Å².